The second kappa shape index (κ2) is 16.2. The molecule has 0 saturated carbocycles. The van der Waals surface area contributed by atoms with Crippen molar-refractivity contribution in [3.63, 3.8) is 0 Å². The van der Waals surface area contributed by atoms with Crippen LogP contribution in [0, 0.1) is 6.42 Å². The molecular formula is C24H43N2Si+2. The van der Waals surface area contributed by atoms with E-state index in [2.05, 4.69) is 66.6 Å². The molecule has 0 aromatic heterocycles. The zero-order valence-electron chi connectivity index (χ0n) is 18.0. The zero-order valence-corrected chi connectivity index (χ0v) is 19.0. The van der Waals surface area contributed by atoms with E-state index >= 15 is 0 Å². The lowest BCUT2D eigenvalue weighted by molar-refractivity contribution is -0.839. The molecule has 1 aliphatic rings. The van der Waals surface area contributed by atoms with Crippen LogP contribution in [0.4, 0.5) is 0 Å². The molecule has 1 rings (SSSR count). The average Bonchev–Trinajstić information content (AvgIpc) is 2.65. The number of nitrogens with zero attached hydrogens (tertiary/aromatic N) is 1. The Morgan fingerprint density at radius 2 is 1.44 bits per heavy atom. The number of hydrogen-bond acceptors (Lipinski definition) is 1. The largest absolute Gasteiger partial charge is 0.317 e. The molecule has 0 unspecified atom stereocenters. The van der Waals surface area contributed by atoms with Gasteiger partial charge in [0.05, 0.1) is 20.6 Å². The van der Waals surface area contributed by atoms with Gasteiger partial charge in [-0.2, -0.15) is 0 Å². The molecule has 0 aliphatic heterocycles. The van der Waals surface area contributed by atoms with Crippen LogP contribution in [0.5, 0.6) is 0 Å². The van der Waals surface area contributed by atoms with Gasteiger partial charge in [-0.3, -0.25) is 4.48 Å². The van der Waals surface area contributed by atoms with Gasteiger partial charge in [0, 0.05) is 41.0 Å². The number of unbranched alkanes of at least 4 members (excludes halogenated alkanes) is 9. The summed E-state index contributed by atoms with van der Waals surface area (Å²) in [5.41, 5.74) is 1.33. The number of allylic oxidation sites excluding steroid dienone is 5. The normalized spacial score (nSPS) is 15.4. The minimum absolute atomic E-state index is 0.981. The third-order valence-electron chi connectivity index (χ3n) is 5.17. The third kappa shape index (κ3) is 14.9. The number of nitrogens with one attached hydrogen (secondary N) is 1. The molecule has 2 nitrogen and oxygen atoms in total. The molecule has 1 N–H and O–H groups in total. The van der Waals surface area contributed by atoms with Gasteiger partial charge in [0.25, 0.3) is 0 Å². The van der Waals surface area contributed by atoms with Gasteiger partial charge in [-0.1, -0.05) is 51.0 Å². The molecule has 0 saturated heterocycles. The van der Waals surface area contributed by atoms with Crippen molar-refractivity contribution >= 4 is 10.2 Å². The highest BCUT2D eigenvalue weighted by Gasteiger charge is 2.17. The van der Waals surface area contributed by atoms with Crippen molar-refractivity contribution in [3.05, 3.63) is 42.5 Å². The Kier molecular flexibility index (Phi) is 14.6. The molecule has 0 aromatic carbocycles. The Bertz CT molecular complexity index is 438. The van der Waals surface area contributed by atoms with Gasteiger partial charge in [-0.25, -0.2) is 0 Å². The van der Waals surface area contributed by atoms with Gasteiger partial charge < -0.3 is 5.32 Å². The highest BCUT2D eigenvalue weighted by Crippen LogP contribution is 2.15. The average molecular weight is 388 g/mol. The van der Waals surface area contributed by atoms with Crippen LogP contribution in [0.1, 0.15) is 70.6 Å². The van der Waals surface area contributed by atoms with Crippen LogP contribution in [0.2, 0.25) is 6.04 Å². The van der Waals surface area contributed by atoms with Crippen LogP contribution >= 0.6 is 0 Å². The summed E-state index contributed by atoms with van der Waals surface area (Å²) in [6.45, 7) is 3.59. The summed E-state index contributed by atoms with van der Waals surface area (Å²) in [7, 11) is 8.13. The van der Waals surface area contributed by atoms with E-state index in [-0.39, 0.29) is 0 Å². The minimum Gasteiger partial charge on any atom is -0.317 e. The van der Waals surface area contributed by atoms with Crippen molar-refractivity contribution in [2.45, 2.75) is 76.7 Å². The highest BCUT2D eigenvalue weighted by molar-refractivity contribution is 6.08. The van der Waals surface area contributed by atoms with E-state index in [0.29, 0.717) is 0 Å². The first-order chi connectivity index (χ1) is 13.1. The molecule has 27 heavy (non-hydrogen) atoms. The van der Waals surface area contributed by atoms with E-state index in [1.807, 2.05) is 0 Å². The third-order valence-corrected chi connectivity index (χ3v) is 5.52. The second-order valence-electron chi connectivity index (χ2n) is 8.43. The molecule has 0 bridgehead atoms. The van der Waals surface area contributed by atoms with Crippen molar-refractivity contribution in [2.24, 2.45) is 0 Å². The van der Waals surface area contributed by atoms with Gasteiger partial charge in [0.1, 0.15) is 5.57 Å². The lowest BCUT2D eigenvalue weighted by Crippen LogP contribution is -2.34. The topological polar surface area (TPSA) is 12.0 Å². The van der Waals surface area contributed by atoms with E-state index in [4.69, 9.17) is 0 Å². The quantitative estimate of drug-likeness (QED) is 0.145. The highest BCUT2D eigenvalue weighted by atomic mass is 28.1. The predicted octanol–water partition coefficient (Wildman–Crippen LogP) is 5.74. The lowest BCUT2D eigenvalue weighted by Gasteiger charge is -2.22. The molecule has 3 heteroatoms. The Labute approximate surface area is 173 Å². The molecular weight excluding hydrogens is 344 g/mol. The smallest absolute Gasteiger partial charge is 0.177 e. The van der Waals surface area contributed by atoms with Crippen LogP contribution in [0.3, 0.4) is 0 Å². The molecule has 0 aromatic rings. The van der Waals surface area contributed by atoms with Gasteiger partial charge in [0.2, 0.25) is 0 Å². The first-order valence-electron chi connectivity index (χ1n) is 11.2. The van der Waals surface area contributed by atoms with E-state index in [1.54, 1.807) is 0 Å². The molecule has 0 atom stereocenters. The molecule has 0 spiro atoms. The summed E-state index contributed by atoms with van der Waals surface area (Å²) in [6.07, 6.45) is 28.3. The lowest BCUT2D eigenvalue weighted by atomic mass is 10.1. The maximum absolute atomic E-state index is 3.51. The maximum Gasteiger partial charge on any atom is 0.177 e. The Morgan fingerprint density at radius 3 is 2.04 bits per heavy atom. The summed E-state index contributed by atoms with van der Waals surface area (Å²) in [4.78, 5) is 0. The molecule has 0 fully saturated rings. The van der Waals surface area contributed by atoms with E-state index in [1.165, 1.54) is 89.3 Å². The van der Waals surface area contributed by atoms with Crippen molar-refractivity contribution in [2.75, 3.05) is 33.7 Å². The van der Waals surface area contributed by atoms with Gasteiger partial charge in [-0.05, 0) is 38.8 Å². The van der Waals surface area contributed by atoms with E-state index < -0.39 is 0 Å². The molecule has 0 heterocycles. The number of quaternary nitrogens is 1. The predicted molar refractivity (Wildman–Crippen MR) is 122 cm³/mol. The molecule has 1 aliphatic carbocycles. The van der Waals surface area contributed by atoms with E-state index in [0.717, 1.165) is 17.1 Å². The summed E-state index contributed by atoms with van der Waals surface area (Å²) in [5, 5.41) is 3.51. The monoisotopic (exact) mass is 387 g/mol. The van der Waals surface area contributed by atoms with Crippen molar-refractivity contribution in [1.82, 2.24) is 5.32 Å². The second-order valence-corrected chi connectivity index (χ2v) is 8.93. The summed E-state index contributed by atoms with van der Waals surface area (Å²) in [5.74, 6) is 0. The maximum atomic E-state index is 3.51. The number of hydrogen-bond donors (Lipinski definition) is 1. The first kappa shape index (κ1) is 24.3. The Balaban J connectivity index is 1.86. The Hall–Kier alpha value is -0.773. The van der Waals surface area contributed by atoms with Gasteiger partial charge in [0.15, 0.2) is 6.20 Å². The van der Waals surface area contributed by atoms with Crippen LogP contribution < -0.4 is 5.32 Å². The fraction of sp³-hybridized carbons (Fsp3) is 0.708. The fourth-order valence-corrected chi connectivity index (χ4v) is 3.71. The SMILES string of the molecule is C[N+](C)(C=C1C=CC=C[CH+]1)CCCCCCCCCCCCNCCC[Si]. The van der Waals surface area contributed by atoms with Gasteiger partial charge >= 0.3 is 0 Å². The fourth-order valence-electron chi connectivity index (χ4n) is 3.53. The van der Waals surface area contributed by atoms with Crippen molar-refractivity contribution < 1.29 is 4.48 Å². The molecule has 151 valence electrons. The molecule has 0 amide bonds. The first-order valence-corrected chi connectivity index (χ1v) is 11.9. The summed E-state index contributed by atoms with van der Waals surface area (Å²) >= 11 is 0. The Morgan fingerprint density at radius 1 is 0.852 bits per heavy atom. The van der Waals surface area contributed by atoms with Crippen LogP contribution in [-0.2, 0) is 0 Å². The van der Waals surface area contributed by atoms with Crippen molar-refractivity contribution in [1.29, 1.82) is 0 Å². The zero-order chi connectivity index (χ0) is 19.6. The summed E-state index contributed by atoms with van der Waals surface area (Å²) < 4.78 is 0.981. The minimum atomic E-state index is 0.981. The molecule has 3 radical (unpaired) electrons. The van der Waals surface area contributed by atoms with Crippen molar-refractivity contribution in [3.8, 4) is 0 Å². The standard InChI is InChI=1S/C24H43N2Si/c1-26(2,23-24-17-12-11-13-18-24)21-15-10-8-6-4-3-5-7-9-14-19-25-20-16-22-27/h11-13,17-18,23,25H,3-10,14-16,19-22H2,1-2H3/q+2. The van der Waals surface area contributed by atoms with Crippen LogP contribution in [-0.4, -0.2) is 48.5 Å². The summed E-state index contributed by atoms with van der Waals surface area (Å²) in [6, 6.07) is 1.11. The van der Waals surface area contributed by atoms with Crippen LogP contribution in [0.15, 0.2) is 36.1 Å². The van der Waals surface area contributed by atoms with Gasteiger partial charge in [-0.15, -0.1) is 0 Å². The van der Waals surface area contributed by atoms with E-state index in [9.17, 15) is 0 Å². The van der Waals surface area contributed by atoms with Crippen LogP contribution in [0.25, 0.3) is 0 Å². The number of rotatable bonds is 17.